The summed E-state index contributed by atoms with van der Waals surface area (Å²) in [6.45, 7) is 5.57. The summed E-state index contributed by atoms with van der Waals surface area (Å²) >= 11 is 1.78. The Bertz CT molecular complexity index is 558. The van der Waals surface area contributed by atoms with Crippen LogP contribution < -0.4 is 0 Å². The molecule has 122 valence electrons. The minimum absolute atomic E-state index is 0.0753. The maximum absolute atomic E-state index is 12.7. The number of ether oxygens (including phenoxy) is 1. The van der Waals surface area contributed by atoms with Crippen LogP contribution in [0.1, 0.15) is 71.1 Å². The summed E-state index contributed by atoms with van der Waals surface area (Å²) in [6, 6.07) is 0. The number of aromatic amines is 1. The van der Waals surface area contributed by atoms with E-state index in [4.69, 9.17) is 4.74 Å². The van der Waals surface area contributed by atoms with E-state index in [1.165, 1.54) is 39.2 Å². The van der Waals surface area contributed by atoms with E-state index in [-0.39, 0.29) is 11.0 Å². The largest absolute Gasteiger partial charge is 0.465 e. The first-order chi connectivity index (χ1) is 10.5. The molecule has 1 aliphatic carbocycles. The number of esters is 1. The number of aryl methyl sites for hydroxylation is 1. The van der Waals surface area contributed by atoms with Crippen molar-refractivity contribution in [3.05, 3.63) is 22.5 Å². The molecule has 0 aliphatic heterocycles. The Kier molecular flexibility index (Phi) is 5.73. The van der Waals surface area contributed by atoms with E-state index >= 15 is 0 Å². The summed E-state index contributed by atoms with van der Waals surface area (Å²) in [5.74, 6) is -0.316. The smallest absolute Gasteiger partial charge is 0.339 e. The zero-order chi connectivity index (χ0) is 16.3. The van der Waals surface area contributed by atoms with Crippen molar-refractivity contribution in [1.29, 1.82) is 0 Å². The monoisotopic (exact) mass is 323 g/mol. The summed E-state index contributed by atoms with van der Waals surface area (Å²) < 4.78 is 4.80. The van der Waals surface area contributed by atoms with E-state index in [0.29, 0.717) is 27.8 Å². The van der Waals surface area contributed by atoms with E-state index < -0.39 is 5.97 Å². The maximum Gasteiger partial charge on any atom is 0.339 e. The first-order valence-corrected chi connectivity index (χ1v) is 8.87. The molecule has 1 aromatic heterocycles. The van der Waals surface area contributed by atoms with Crippen LogP contribution in [-0.4, -0.2) is 34.3 Å². The highest BCUT2D eigenvalue weighted by Gasteiger charge is 2.27. The molecule has 0 spiro atoms. The molecule has 0 bridgehead atoms. The number of Topliss-reactive ketones (excluding diaryl/α,β-unsaturated/α-hetero) is 1. The highest BCUT2D eigenvalue weighted by atomic mass is 32.2. The van der Waals surface area contributed by atoms with Crippen LogP contribution in [0.2, 0.25) is 0 Å². The molecule has 1 aromatic rings. The quantitative estimate of drug-likeness (QED) is 0.656. The summed E-state index contributed by atoms with van der Waals surface area (Å²) in [5, 5.41) is 0.495. The molecule has 1 aliphatic rings. The van der Waals surface area contributed by atoms with Crippen LogP contribution in [0.25, 0.3) is 0 Å². The van der Waals surface area contributed by atoms with Gasteiger partial charge in [0.25, 0.3) is 0 Å². The van der Waals surface area contributed by atoms with Gasteiger partial charge >= 0.3 is 5.97 Å². The topological polar surface area (TPSA) is 59.2 Å². The second-order valence-electron chi connectivity index (χ2n) is 6.02. The predicted molar refractivity (Wildman–Crippen MR) is 89.9 cm³/mol. The lowest BCUT2D eigenvalue weighted by atomic mass is 10.0. The summed E-state index contributed by atoms with van der Waals surface area (Å²) in [7, 11) is 1.36. The van der Waals surface area contributed by atoms with Crippen LogP contribution in [0.4, 0.5) is 0 Å². The lowest BCUT2D eigenvalue weighted by Gasteiger charge is -2.23. The summed E-state index contributed by atoms with van der Waals surface area (Å²) in [6.07, 6.45) is 6.27. The maximum atomic E-state index is 12.7. The van der Waals surface area contributed by atoms with E-state index in [1.807, 2.05) is 6.92 Å². The Hall–Kier alpha value is -1.23. The van der Waals surface area contributed by atoms with Crippen molar-refractivity contribution in [2.24, 2.45) is 0 Å². The molecular formula is C17H25NO3S. The molecule has 1 fully saturated rings. The molecular weight excluding hydrogens is 298 g/mol. The minimum Gasteiger partial charge on any atom is -0.465 e. The molecule has 0 saturated heterocycles. The predicted octanol–water partition coefficient (Wildman–Crippen LogP) is 4.06. The second kappa shape index (κ2) is 7.36. The summed E-state index contributed by atoms with van der Waals surface area (Å²) in [5.41, 5.74) is 2.43. The Balaban J connectivity index is 2.13. The van der Waals surface area contributed by atoms with Crippen LogP contribution >= 0.6 is 11.8 Å². The van der Waals surface area contributed by atoms with E-state index in [9.17, 15) is 9.59 Å². The first kappa shape index (κ1) is 17.1. The minimum atomic E-state index is -0.391. The van der Waals surface area contributed by atoms with Gasteiger partial charge in [0, 0.05) is 10.9 Å². The number of nitrogens with one attached hydrogen (secondary N) is 1. The number of hydrogen-bond donors (Lipinski definition) is 1. The van der Waals surface area contributed by atoms with Crippen molar-refractivity contribution in [3.63, 3.8) is 0 Å². The van der Waals surface area contributed by atoms with Crippen molar-refractivity contribution in [2.75, 3.05) is 7.11 Å². The third kappa shape index (κ3) is 3.57. The van der Waals surface area contributed by atoms with E-state index in [2.05, 4.69) is 4.98 Å². The highest BCUT2D eigenvalue weighted by Crippen LogP contribution is 2.33. The van der Waals surface area contributed by atoms with Crippen LogP contribution in [0.5, 0.6) is 0 Å². The van der Waals surface area contributed by atoms with E-state index in [1.54, 1.807) is 25.6 Å². The Morgan fingerprint density at radius 2 is 1.86 bits per heavy atom. The van der Waals surface area contributed by atoms with Crippen LogP contribution in [-0.2, 0) is 4.74 Å². The number of hydrogen-bond acceptors (Lipinski definition) is 4. The molecule has 1 saturated carbocycles. The molecule has 22 heavy (non-hydrogen) atoms. The Morgan fingerprint density at radius 1 is 1.23 bits per heavy atom. The molecule has 0 aromatic carbocycles. The van der Waals surface area contributed by atoms with Crippen molar-refractivity contribution < 1.29 is 14.3 Å². The molecule has 5 heteroatoms. The van der Waals surface area contributed by atoms with Gasteiger partial charge in [-0.3, -0.25) is 4.79 Å². The Labute approximate surface area is 136 Å². The summed E-state index contributed by atoms with van der Waals surface area (Å²) in [4.78, 5) is 27.6. The molecule has 4 nitrogen and oxygen atoms in total. The molecule has 0 amide bonds. The fourth-order valence-electron chi connectivity index (χ4n) is 3.16. The van der Waals surface area contributed by atoms with Gasteiger partial charge in [-0.1, -0.05) is 19.3 Å². The van der Waals surface area contributed by atoms with Gasteiger partial charge in [0.1, 0.15) is 0 Å². The normalized spacial score (nSPS) is 17.3. The van der Waals surface area contributed by atoms with Gasteiger partial charge in [-0.2, -0.15) is 0 Å². The molecule has 1 N–H and O–H groups in total. The van der Waals surface area contributed by atoms with Crippen molar-refractivity contribution in [1.82, 2.24) is 4.98 Å². The number of carbonyl (C=O) groups excluding carboxylic acids is 2. The first-order valence-electron chi connectivity index (χ1n) is 7.92. The van der Waals surface area contributed by atoms with Crippen molar-refractivity contribution in [3.8, 4) is 0 Å². The average molecular weight is 323 g/mol. The number of thioether (sulfide) groups is 1. The molecule has 0 radical (unpaired) electrons. The molecule has 1 atom stereocenters. The van der Waals surface area contributed by atoms with Gasteiger partial charge in [-0.25, -0.2) is 4.79 Å². The fraction of sp³-hybridized carbons (Fsp3) is 0.647. The number of ketones is 1. The SMILES string of the molecule is COC(=O)c1c(C)[nH]c(C(=O)C(C)SC2CCCCC2)c1C. The standard InChI is InChI=1S/C17H25NO3S/c1-10-14(17(20)21-4)11(2)18-15(10)16(19)12(3)22-13-8-6-5-7-9-13/h12-13,18H,5-9H2,1-4H3. The number of methoxy groups -OCH3 is 1. The van der Waals surface area contributed by atoms with Crippen LogP contribution in [0.3, 0.4) is 0 Å². The van der Waals surface area contributed by atoms with Gasteiger partial charge < -0.3 is 9.72 Å². The molecule has 2 rings (SSSR count). The zero-order valence-electron chi connectivity index (χ0n) is 13.8. The lowest BCUT2D eigenvalue weighted by Crippen LogP contribution is -2.20. The van der Waals surface area contributed by atoms with Gasteiger partial charge in [-0.05, 0) is 39.2 Å². The fourth-order valence-corrected chi connectivity index (χ4v) is 4.58. The molecule has 1 heterocycles. The lowest BCUT2D eigenvalue weighted by molar-refractivity contribution is 0.0599. The van der Waals surface area contributed by atoms with Crippen molar-refractivity contribution in [2.45, 2.75) is 63.4 Å². The number of carbonyl (C=O) groups is 2. The molecule has 1 unspecified atom stereocenters. The third-order valence-corrected chi connectivity index (χ3v) is 5.87. The van der Waals surface area contributed by atoms with Crippen molar-refractivity contribution >= 4 is 23.5 Å². The zero-order valence-corrected chi connectivity index (χ0v) is 14.6. The van der Waals surface area contributed by atoms with Gasteiger partial charge in [-0.15, -0.1) is 11.8 Å². The van der Waals surface area contributed by atoms with Crippen LogP contribution in [0, 0.1) is 13.8 Å². The highest BCUT2D eigenvalue weighted by molar-refractivity contribution is 8.01. The average Bonchev–Trinajstić information content (AvgIpc) is 2.81. The van der Waals surface area contributed by atoms with Crippen LogP contribution in [0.15, 0.2) is 0 Å². The number of rotatable bonds is 5. The van der Waals surface area contributed by atoms with Gasteiger partial charge in [0.2, 0.25) is 0 Å². The number of H-pyrrole nitrogens is 1. The third-order valence-electron chi connectivity index (χ3n) is 4.39. The Morgan fingerprint density at radius 3 is 2.45 bits per heavy atom. The second-order valence-corrected chi connectivity index (χ2v) is 7.67. The van der Waals surface area contributed by atoms with Gasteiger partial charge in [0.05, 0.1) is 23.6 Å². The number of aromatic nitrogens is 1. The van der Waals surface area contributed by atoms with E-state index in [0.717, 1.165) is 0 Å². The van der Waals surface area contributed by atoms with Gasteiger partial charge in [0.15, 0.2) is 5.78 Å².